The van der Waals surface area contributed by atoms with Gasteiger partial charge >= 0.3 is 5.97 Å². The van der Waals surface area contributed by atoms with Gasteiger partial charge in [-0.15, -0.1) is 0 Å². The smallest absolute Gasteiger partial charge is 0.328 e. The lowest BCUT2D eigenvalue weighted by atomic mass is 9.77. The Bertz CT molecular complexity index is 1250. The molecule has 4 aliphatic heterocycles. The number of fused-ring (bicyclic) bond motifs is 5. The van der Waals surface area contributed by atoms with E-state index in [4.69, 9.17) is 14.6 Å². The van der Waals surface area contributed by atoms with Crippen LogP contribution in [-0.4, -0.2) is 67.4 Å². The fraction of sp³-hybridized carbons (Fsp3) is 0.444. The predicted octanol–water partition coefficient (Wildman–Crippen LogP) is 3.54. The summed E-state index contributed by atoms with van der Waals surface area (Å²) < 4.78 is 37.4. The zero-order valence-electron chi connectivity index (χ0n) is 20.4. The summed E-state index contributed by atoms with van der Waals surface area (Å²) in [6, 6.07) is 14.0. The molecule has 2 fully saturated rings. The van der Waals surface area contributed by atoms with E-state index in [9.17, 15) is 13.2 Å². The van der Waals surface area contributed by atoms with Crippen LogP contribution in [0.3, 0.4) is 0 Å². The molecule has 9 heteroatoms. The number of ether oxygens (including phenoxy) is 2. The summed E-state index contributed by atoms with van der Waals surface area (Å²) in [5.41, 5.74) is 3.52. The fourth-order valence-corrected chi connectivity index (χ4v) is 7.15. The number of piperidine rings is 2. The number of aliphatic carboxylic acids is 1. The van der Waals surface area contributed by atoms with Gasteiger partial charge in [-0.25, -0.2) is 13.2 Å². The molecule has 2 aromatic carbocycles. The lowest BCUT2D eigenvalue weighted by Gasteiger charge is -2.51. The van der Waals surface area contributed by atoms with Crippen LogP contribution in [0.25, 0.3) is 6.08 Å². The van der Waals surface area contributed by atoms with Crippen LogP contribution >= 0.6 is 0 Å². The maximum absolute atomic E-state index is 12.3. The number of carbonyl (C=O) groups is 1. The van der Waals surface area contributed by atoms with Crippen molar-refractivity contribution in [1.82, 2.24) is 9.21 Å². The Morgan fingerprint density at radius 1 is 1.11 bits per heavy atom. The second-order valence-electron chi connectivity index (χ2n) is 9.83. The van der Waals surface area contributed by atoms with Gasteiger partial charge in [-0.2, -0.15) is 4.31 Å². The molecule has 0 aliphatic carbocycles. The molecule has 192 valence electrons. The highest BCUT2D eigenvalue weighted by atomic mass is 32.2. The molecule has 3 atom stereocenters. The van der Waals surface area contributed by atoms with E-state index in [-0.39, 0.29) is 12.1 Å². The van der Waals surface area contributed by atoms with Gasteiger partial charge in [-0.05, 0) is 66.5 Å². The molecular formula is C27H32N2O6S. The number of carboxylic acids is 1. The highest BCUT2D eigenvalue weighted by molar-refractivity contribution is 7.88. The SMILES string of the molecule is CS(=O)(=O)N1CCC[C@@H]2CN3CCc4cc5c(cc4[C@@H]3C[C@@H]21)OCO5.O=C(O)C=Cc1ccccc1. The first-order valence-corrected chi connectivity index (χ1v) is 14.2. The summed E-state index contributed by atoms with van der Waals surface area (Å²) in [6.45, 7) is 2.99. The van der Waals surface area contributed by atoms with Gasteiger partial charge in [0.2, 0.25) is 16.8 Å². The number of rotatable bonds is 3. The van der Waals surface area contributed by atoms with Crippen molar-refractivity contribution in [2.24, 2.45) is 5.92 Å². The molecule has 6 rings (SSSR count). The largest absolute Gasteiger partial charge is 0.478 e. The first-order valence-electron chi connectivity index (χ1n) is 12.4. The molecular weight excluding hydrogens is 480 g/mol. The molecule has 4 aliphatic rings. The van der Waals surface area contributed by atoms with E-state index in [1.54, 1.807) is 10.4 Å². The van der Waals surface area contributed by atoms with E-state index in [2.05, 4.69) is 17.0 Å². The van der Waals surface area contributed by atoms with Crippen molar-refractivity contribution in [1.29, 1.82) is 0 Å². The third kappa shape index (κ3) is 5.28. The van der Waals surface area contributed by atoms with E-state index in [1.165, 1.54) is 17.4 Å². The molecule has 8 nitrogen and oxygen atoms in total. The minimum absolute atomic E-state index is 0.126. The molecule has 0 saturated carbocycles. The Morgan fingerprint density at radius 3 is 2.58 bits per heavy atom. The van der Waals surface area contributed by atoms with Crippen molar-refractivity contribution in [3.63, 3.8) is 0 Å². The Morgan fingerprint density at radius 2 is 1.86 bits per heavy atom. The molecule has 0 bridgehead atoms. The predicted molar refractivity (Wildman–Crippen MR) is 136 cm³/mol. The maximum Gasteiger partial charge on any atom is 0.328 e. The van der Waals surface area contributed by atoms with Crippen LogP contribution in [-0.2, 0) is 21.2 Å². The van der Waals surface area contributed by atoms with E-state index in [0.29, 0.717) is 19.3 Å². The van der Waals surface area contributed by atoms with E-state index in [1.807, 2.05) is 30.3 Å². The minimum atomic E-state index is -3.15. The Hall–Kier alpha value is -2.88. The third-order valence-electron chi connectivity index (χ3n) is 7.55. The van der Waals surface area contributed by atoms with Crippen LogP contribution in [0.2, 0.25) is 0 Å². The van der Waals surface area contributed by atoms with Crippen LogP contribution in [0.1, 0.15) is 42.0 Å². The third-order valence-corrected chi connectivity index (χ3v) is 8.85. The van der Waals surface area contributed by atoms with Crippen LogP contribution in [0.15, 0.2) is 48.5 Å². The lowest BCUT2D eigenvalue weighted by molar-refractivity contribution is -0.131. The molecule has 0 spiro atoms. The molecule has 0 amide bonds. The zero-order chi connectivity index (χ0) is 25.3. The van der Waals surface area contributed by atoms with Crippen molar-refractivity contribution in [2.45, 2.75) is 37.8 Å². The number of sulfonamides is 1. The van der Waals surface area contributed by atoms with Gasteiger partial charge in [-0.3, -0.25) is 4.90 Å². The summed E-state index contributed by atoms with van der Waals surface area (Å²) in [6.07, 6.45) is 8.04. The van der Waals surface area contributed by atoms with Crippen LogP contribution < -0.4 is 9.47 Å². The van der Waals surface area contributed by atoms with Crippen molar-refractivity contribution in [3.8, 4) is 11.5 Å². The second kappa shape index (κ2) is 10.2. The Balaban J connectivity index is 0.000000205. The van der Waals surface area contributed by atoms with Gasteiger partial charge in [0.25, 0.3) is 0 Å². The quantitative estimate of drug-likeness (QED) is 0.629. The fourth-order valence-electron chi connectivity index (χ4n) is 5.94. The zero-order valence-corrected chi connectivity index (χ0v) is 21.2. The molecule has 4 heterocycles. The lowest BCUT2D eigenvalue weighted by Crippen LogP contribution is -2.57. The minimum Gasteiger partial charge on any atom is -0.478 e. The van der Waals surface area contributed by atoms with Crippen LogP contribution in [0.4, 0.5) is 0 Å². The number of hydrogen-bond donors (Lipinski definition) is 1. The maximum atomic E-state index is 12.3. The molecule has 0 radical (unpaired) electrons. The van der Waals surface area contributed by atoms with Crippen molar-refractivity contribution < 1.29 is 27.8 Å². The first kappa shape index (κ1) is 24.8. The Labute approximate surface area is 212 Å². The molecule has 36 heavy (non-hydrogen) atoms. The van der Waals surface area contributed by atoms with Crippen molar-refractivity contribution >= 4 is 22.1 Å². The normalized spacial score (nSPS) is 25.3. The number of hydrogen-bond acceptors (Lipinski definition) is 6. The van der Waals surface area contributed by atoms with Crippen LogP contribution in [0, 0.1) is 5.92 Å². The first-order chi connectivity index (χ1) is 17.3. The molecule has 2 saturated heterocycles. The molecule has 0 aromatic heterocycles. The van der Waals surface area contributed by atoms with E-state index >= 15 is 0 Å². The van der Waals surface area contributed by atoms with Crippen molar-refractivity contribution in [3.05, 3.63) is 65.2 Å². The van der Waals surface area contributed by atoms with E-state index in [0.717, 1.165) is 61.9 Å². The van der Waals surface area contributed by atoms with Gasteiger partial charge in [0.15, 0.2) is 11.5 Å². The molecule has 0 unspecified atom stereocenters. The van der Waals surface area contributed by atoms with E-state index < -0.39 is 16.0 Å². The molecule has 2 aromatic rings. The number of benzene rings is 2. The number of nitrogens with zero attached hydrogens (tertiary/aromatic N) is 2. The van der Waals surface area contributed by atoms with Crippen LogP contribution in [0.5, 0.6) is 11.5 Å². The standard InChI is InChI=1S/C18H24N2O4S.C9H8O2/c1-25(21,22)20-5-2-3-13-10-19-6-4-12-7-17-18(24-11-23-17)8-14(12)16(19)9-15(13)20;10-9(11)7-6-8-4-2-1-3-5-8/h7-8,13,15-16H,2-6,9-11H2,1H3;1-7H,(H,10,11)/t13-,15+,16+;/m1./s1. The second-order valence-corrected chi connectivity index (χ2v) is 11.8. The summed E-state index contributed by atoms with van der Waals surface area (Å²) in [4.78, 5) is 12.6. The summed E-state index contributed by atoms with van der Waals surface area (Å²) >= 11 is 0. The average Bonchev–Trinajstić information content (AvgIpc) is 3.32. The molecule has 1 N–H and O–H groups in total. The van der Waals surface area contributed by atoms with Gasteiger partial charge in [0, 0.05) is 37.8 Å². The van der Waals surface area contributed by atoms with Gasteiger partial charge in [-0.1, -0.05) is 30.3 Å². The summed E-state index contributed by atoms with van der Waals surface area (Å²) in [7, 11) is -3.15. The Kier molecular flexibility index (Phi) is 7.05. The average molecular weight is 513 g/mol. The summed E-state index contributed by atoms with van der Waals surface area (Å²) in [5, 5.41) is 8.29. The highest BCUT2D eigenvalue weighted by Gasteiger charge is 2.45. The highest BCUT2D eigenvalue weighted by Crippen LogP contribution is 2.46. The van der Waals surface area contributed by atoms with Gasteiger partial charge < -0.3 is 14.6 Å². The number of carboxylic acid groups (broad SMARTS) is 1. The van der Waals surface area contributed by atoms with Gasteiger partial charge in [0.05, 0.1) is 6.26 Å². The van der Waals surface area contributed by atoms with Gasteiger partial charge in [0.1, 0.15) is 0 Å². The summed E-state index contributed by atoms with van der Waals surface area (Å²) in [5.74, 6) is 1.20. The van der Waals surface area contributed by atoms with Crippen molar-refractivity contribution in [2.75, 3.05) is 32.7 Å². The topological polar surface area (TPSA) is 96.4 Å². The monoisotopic (exact) mass is 512 g/mol.